The molecule has 0 aromatic heterocycles. The van der Waals surface area contributed by atoms with Crippen molar-refractivity contribution in [2.75, 3.05) is 0 Å². The first kappa shape index (κ1) is 9.49. The van der Waals surface area contributed by atoms with E-state index in [0.29, 0.717) is 0 Å². The number of halogens is 3. The van der Waals surface area contributed by atoms with E-state index in [4.69, 9.17) is 5.73 Å². The van der Waals surface area contributed by atoms with Crippen LogP contribution in [0, 0.1) is 0 Å². The first-order valence-electron chi connectivity index (χ1n) is 3.27. The van der Waals surface area contributed by atoms with E-state index in [1.165, 1.54) is 6.42 Å². The summed E-state index contributed by atoms with van der Waals surface area (Å²) in [6, 6.07) is 0. The summed E-state index contributed by atoms with van der Waals surface area (Å²) in [6.45, 7) is 0. The molecule has 1 aliphatic rings. The second-order valence-electron chi connectivity index (χ2n) is 2.71. The van der Waals surface area contributed by atoms with Crippen molar-refractivity contribution in [1.29, 1.82) is 0 Å². The van der Waals surface area contributed by atoms with Crippen LogP contribution in [0.2, 0.25) is 0 Å². The molecule has 4 heteroatoms. The van der Waals surface area contributed by atoms with Gasteiger partial charge < -0.3 is 0 Å². The number of rotatable bonds is 0. The van der Waals surface area contributed by atoms with Crippen molar-refractivity contribution in [3.05, 3.63) is 0 Å². The molecule has 1 atom stereocenters. The lowest BCUT2D eigenvalue weighted by molar-refractivity contribution is 0.404. The van der Waals surface area contributed by atoms with E-state index < -0.39 is 4.45 Å². The lowest BCUT2D eigenvalue weighted by Gasteiger charge is -2.39. The largest absolute Gasteiger partial charge is 0.237 e. The minimum absolute atomic E-state index is 0.217. The van der Waals surface area contributed by atoms with Gasteiger partial charge in [0.25, 0.3) is 0 Å². The van der Waals surface area contributed by atoms with Gasteiger partial charge in [-0.2, -0.15) is 0 Å². The van der Waals surface area contributed by atoms with Crippen LogP contribution in [0.1, 0.15) is 25.7 Å². The molecule has 0 aliphatic heterocycles. The van der Waals surface area contributed by atoms with E-state index in [0.717, 1.165) is 19.3 Å². The highest BCUT2D eigenvalue weighted by Gasteiger charge is 2.45. The van der Waals surface area contributed by atoms with Crippen molar-refractivity contribution in [3.8, 4) is 0 Å². The second-order valence-corrected chi connectivity index (χ2v) is 7.84. The Labute approximate surface area is 86.5 Å². The minimum atomic E-state index is -0.530. The van der Waals surface area contributed by atoms with Crippen molar-refractivity contribution < 1.29 is 0 Å². The van der Waals surface area contributed by atoms with Crippen LogP contribution in [0.4, 0.5) is 0 Å². The molecule has 1 unspecified atom stereocenters. The Hall–Kier alpha value is 1.40. The Balaban J connectivity index is 2.70. The minimum Gasteiger partial charge on any atom is -0.237 e. The topological polar surface area (TPSA) is 23.8 Å². The van der Waals surface area contributed by atoms with E-state index in [9.17, 15) is 0 Å². The van der Waals surface area contributed by atoms with Gasteiger partial charge in [0.15, 0.2) is 0 Å². The van der Waals surface area contributed by atoms with Crippen LogP contribution in [0.15, 0.2) is 0 Å². The molecule has 1 saturated carbocycles. The third-order valence-electron chi connectivity index (χ3n) is 1.84. The predicted molar refractivity (Wildman–Crippen MR) is 53.8 cm³/mol. The molecular weight excluding hydrogens is 326 g/mol. The zero-order chi connectivity index (χ0) is 7.83. The molecule has 0 aromatic rings. The van der Waals surface area contributed by atoms with Crippen molar-refractivity contribution in [2.45, 2.75) is 33.4 Å². The lowest BCUT2D eigenvalue weighted by atomic mass is 9.96. The predicted octanol–water partition coefficient (Wildman–Crippen LogP) is 3.42. The summed E-state index contributed by atoms with van der Waals surface area (Å²) in [6.07, 6.45) is 4.27. The smallest absolute Gasteiger partial charge is 0.112 e. The third-order valence-corrected chi connectivity index (χ3v) is 6.13. The van der Waals surface area contributed by atoms with Crippen LogP contribution < -0.4 is 5.73 Å². The second kappa shape index (κ2) is 3.04. The Kier molecular flexibility index (Phi) is 2.88. The molecule has 1 nitrogen and oxygen atoms in total. The van der Waals surface area contributed by atoms with Gasteiger partial charge in [0.05, 0.1) is 0 Å². The fourth-order valence-corrected chi connectivity index (χ4v) is 2.53. The highest BCUT2D eigenvalue weighted by atomic mass is 79.9. The summed E-state index contributed by atoms with van der Waals surface area (Å²) >= 11 is 10.4. The van der Waals surface area contributed by atoms with E-state index in [1.807, 2.05) is 0 Å². The van der Waals surface area contributed by atoms with Crippen LogP contribution in [0.3, 0.4) is 0 Å². The maximum absolute atomic E-state index is 7.85. The van der Waals surface area contributed by atoms with Gasteiger partial charge in [-0.3, -0.25) is 0 Å². The van der Waals surface area contributed by atoms with Crippen molar-refractivity contribution in [1.82, 2.24) is 5.73 Å². The molecule has 1 aliphatic carbocycles. The molecule has 1 rings (SSSR count). The van der Waals surface area contributed by atoms with Gasteiger partial charge in [0.1, 0.15) is 7.68 Å². The first-order valence-corrected chi connectivity index (χ1v) is 5.65. The molecular formula is C6H9Br3N. The Bertz CT molecular complexity index is 117. The fourth-order valence-electron chi connectivity index (χ4n) is 1.10. The summed E-state index contributed by atoms with van der Waals surface area (Å²) < 4.78 is -0.747. The molecule has 1 N–H and O–H groups in total. The van der Waals surface area contributed by atoms with Gasteiger partial charge in [-0.1, -0.05) is 60.6 Å². The summed E-state index contributed by atoms with van der Waals surface area (Å²) in [5, 5.41) is 0. The van der Waals surface area contributed by atoms with Crippen LogP contribution in [-0.4, -0.2) is 7.68 Å². The van der Waals surface area contributed by atoms with E-state index in [1.54, 1.807) is 0 Å². The zero-order valence-corrected chi connectivity index (χ0v) is 10.2. The van der Waals surface area contributed by atoms with Crippen LogP contribution in [-0.2, 0) is 0 Å². The van der Waals surface area contributed by atoms with Crippen LogP contribution in [0.5, 0.6) is 0 Å². The van der Waals surface area contributed by atoms with Crippen LogP contribution >= 0.6 is 47.8 Å². The molecule has 0 bridgehead atoms. The quantitative estimate of drug-likeness (QED) is 0.479. The highest BCUT2D eigenvalue weighted by molar-refractivity contribution is 9.26. The maximum atomic E-state index is 7.85. The molecule has 0 spiro atoms. The summed E-state index contributed by atoms with van der Waals surface area (Å²) in [4.78, 5) is 0. The van der Waals surface area contributed by atoms with Gasteiger partial charge in [-0.25, -0.2) is 5.73 Å². The summed E-state index contributed by atoms with van der Waals surface area (Å²) in [5.74, 6) is 0. The van der Waals surface area contributed by atoms with Crippen molar-refractivity contribution >= 4 is 47.8 Å². The molecule has 0 amide bonds. The molecule has 10 heavy (non-hydrogen) atoms. The van der Waals surface area contributed by atoms with Gasteiger partial charge in [0.2, 0.25) is 0 Å². The summed E-state index contributed by atoms with van der Waals surface area (Å²) in [5.41, 5.74) is 7.85. The van der Waals surface area contributed by atoms with E-state index in [-0.39, 0.29) is 3.23 Å². The molecule has 0 saturated heterocycles. The molecule has 0 heterocycles. The Morgan fingerprint density at radius 2 is 1.50 bits per heavy atom. The number of nitrogens with one attached hydrogen (secondary N) is 1. The van der Waals surface area contributed by atoms with Crippen molar-refractivity contribution in [3.63, 3.8) is 0 Å². The molecule has 59 valence electrons. The van der Waals surface area contributed by atoms with Gasteiger partial charge in [0, 0.05) is 0 Å². The van der Waals surface area contributed by atoms with E-state index >= 15 is 0 Å². The third kappa shape index (κ3) is 1.76. The molecule has 0 aromatic carbocycles. The highest BCUT2D eigenvalue weighted by Crippen LogP contribution is 2.50. The average molecular weight is 335 g/mol. The SMILES string of the molecule is [NH]C1(Br)CCCCC1(Br)Br. The van der Waals surface area contributed by atoms with Crippen molar-refractivity contribution in [2.24, 2.45) is 0 Å². The first-order chi connectivity index (χ1) is 4.46. The maximum Gasteiger partial charge on any atom is 0.112 e. The Morgan fingerprint density at radius 3 is 1.80 bits per heavy atom. The molecule has 1 radical (unpaired) electrons. The van der Waals surface area contributed by atoms with Gasteiger partial charge in [-0.15, -0.1) is 0 Å². The van der Waals surface area contributed by atoms with Gasteiger partial charge >= 0.3 is 0 Å². The normalized spacial score (nSPS) is 39.6. The van der Waals surface area contributed by atoms with E-state index in [2.05, 4.69) is 47.8 Å². The Morgan fingerprint density at radius 1 is 1.00 bits per heavy atom. The summed E-state index contributed by atoms with van der Waals surface area (Å²) in [7, 11) is 0. The number of alkyl halides is 3. The molecule has 1 fully saturated rings. The monoisotopic (exact) mass is 332 g/mol. The lowest BCUT2D eigenvalue weighted by Crippen LogP contribution is -2.43. The number of hydrogen-bond donors (Lipinski definition) is 0. The zero-order valence-electron chi connectivity index (χ0n) is 5.46. The fraction of sp³-hybridized carbons (Fsp3) is 1.00. The number of hydrogen-bond acceptors (Lipinski definition) is 0. The van der Waals surface area contributed by atoms with Crippen LogP contribution in [0.25, 0.3) is 0 Å². The standard InChI is InChI=1S/C6H9Br3N/c7-5(8)3-1-2-4-6(5,9)10/h10H,1-4H2. The van der Waals surface area contributed by atoms with Gasteiger partial charge in [-0.05, 0) is 12.8 Å². The average Bonchev–Trinajstić information content (AvgIpc) is 1.77.